The molecular formula is C9H8Cl2. The maximum Gasteiger partial charge on any atom is 0.0337 e. The summed E-state index contributed by atoms with van der Waals surface area (Å²) in [6.07, 6.45) is 0.714. The fourth-order valence-electron chi connectivity index (χ4n) is 0.829. The van der Waals surface area contributed by atoms with Crippen molar-refractivity contribution < 1.29 is 0 Å². The Hall–Kier alpha value is -0.460. The van der Waals surface area contributed by atoms with Crippen LogP contribution in [-0.4, -0.2) is 0 Å². The molecule has 0 amide bonds. The summed E-state index contributed by atoms with van der Waals surface area (Å²) in [5, 5.41) is 0.665. The van der Waals surface area contributed by atoms with Crippen LogP contribution in [0.2, 0.25) is 0 Å². The predicted octanol–water partition coefficient (Wildman–Crippen LogP) is 3.55. The van der Waals surface area contributed by atoms with E-state index in [0.717, 1.165) is 0 Å². The molecule has 58 valence electrons. The molecule has 0 radical (unpaired) electrons. The van der Waals surface area contributed by atoms with Gasteiger partial charge in [0.05, 0.1) is 0 Å². The van der Waals surface area contributed by atoms with Crippen LogP contribution in [0.1, 0.15) is 5.56 Å². The van der Waals surface area contributed by atoms with Gasteiger partial charge in [0.1, 0.15) is 0 Å². The maximum absolute atomic E-state index is 5.73. The van der Waals surface area contributed by atoms with Crippen LogP contribution in [0.3, 0.4) is 0 Å². The molecule has 0 atom stereocenters. The molecule has 0 aliphatic heterocycles. The van der Waals surface area contributed by atoms with E-state index in [1.807, 2.05) is 30.3 Å². The Morgan fingerprint density at radius 2 is 1.91 bits per heavy atom. The summed E-state index contributed by atoms with van der Waals surface area (Å²) in [5.41, 5.74) is 2.57. The topological polar surface area (TPSA) is 0 Å². The maximum atomic E-state index is 5.73. The van der Waals surface area contributed by atoms with Crippen molar-refractivity contribution in [3.8, 4) is 0 Å². The van der Waals surface area contributed by atoms with Crippen molar-refractivity contribution in [2.75, 3.05) is 0 Å². The molecule has 0 spiro atoms. The van der Waals surface area contributed by atoms with Crippen LogP contribution in [0.5, 0.6) is 0 Å². The fraction of sp³-hybridized carbons (Fsp3) is 0.111. The number of rotatable bonds is 2. The van der Waals surface area contributed by atoms with Gasteiger partial charge >= 0.3 is 0 Å². The molecule has 0 N–H and O–H groups in total. The predicted molar refractivity (Wildman–Crippen MR) is 49.9 cm³/mol. The summed E-state index contributed by atoms with van der Waals surface area (Å²) in [4.78, 5) is 0. The number of benzene rings is 1. The molecular weight excluding hydrogens is 179 g/mol. The van der Waals surface area contributed by atoms with Crippen molar-refractivity contribution in [1.82, 2.24) is 0 Å². The van der Waals surface area contributed by atoms with E-state index in [1.165, 1.54) is 11.1 Å². The second-order valence-corrected chi connectivity index (χ2v) is 2.92. The Kier molecular flexibility index (Phi) is 3.47. The molecule has 0 saturated heterocycles. The standard InChI is InChI=1S/C9H8Cl2/c10-7-9(11)6-8-4-2-1-3-5-8/h1-5,7H,6H2. The Balaban J connectivity index is 2.65. The lowest BCUT2D eigenvalue weighted by atomic mass is 10.1. The molecule has 0 aliphatic rings. The van der Waals surface area contributed by atoms with Crippen molar-refractivity contribution in [2.45, 2.75) is 6.42 Å². The highest BCUT2D eigenvalue weighted by molar-refractivity contribution is 6.36. The molecule has 1 aromatic carbocycles. The first-order chi connectivity index (χ1) is 5.33. The number of allylic oxidation sites excluding steroid dienone is 1. The van der Waals surface area contributed by atoms with Gasteiger partial charge in [0.25, 0.3) is 0 Å². The fourth-order valence-corrected chi connectivity index (χ4v) is 1.06. The van der Waals surface area contributed by atoms with Gasteiger partial charge in [0.15, 0.2) is 0 Å². The largest absolute Gasteiger partial charge is 0.0917 e. The lowest BCUT2D eigenvalue weighted by molar-refractivity contribution is 1.25. The first kappa shape index (κ1) is 8.63. The van der Waals surface area contributed by atoms with Gasteiger partial charge in [-0.3, -0.25) is 0 Å². The monoisotopic (exact) mass is 186 g/mol. The summed E-state index contributed by atoms with van der Waals surface area (Å²) in [6.45, 7) is 0. The second-order valence-electron chi connectivity index (χ2n) is 2.22. The average molecular weight is 187 g/mol. The molecule has 0 unspecified atom stereocenters. The summed E-state index contributed by atoms with van der Waals surface area (Å²) in [7, 11) is 0. The Bertz CT molecular complexity index is 239. The quantitative estimate of drug-likeness (QED) is 0.664. The minimum absolute atomic E-state index is 0.665. The molecule has 0 aromatic heterocycles. The first-order valence-corrected chi connectivity index (χ1v) is 4.13. The van der Waals surface area contributed by atoms with Crippen LogP contribution in [0.25, 0.3) is 0 Å². The minimum Gasteiger partial charge on any atom is -0.0917 e. The van der Waals surface area contributed by atoms with Gasteiger partial charge in [0.2, 0.25) is 0 Å². The molecule has 0 aliphatic carbocycles. The second kappa shape index (κ2) is 4.42. The summed E-state index contributed by atoms with van der Waals surface area (Å²) >= 11 is 11.1. The van der Waals surface area contributed by atoms with Gasteiger partial charge < -0.3 is 0 Å². The van der Waals surface area contributed by atoms with E-state index in [0.29, 0.717) is 11.5 Å². The van der Waals surface area contributed by atoms with Crippen LogP contribution in [-0.2, 0) is 6.42 Å². The van der Waals surface area contributed by atoms with E-state index in [-0.39, 0.29) is 0 Å². The number of halogens is 2. The van der Waals surface area contributed by atoms with Crippen LogP contribution in [0, 0.1) is 0 Å². The van der Waals surface area contributed by atoms with Gasteiger partial charge in [-0.15, -0.1) is 0 Å². The first-order valence-electron chi connectivity index (χ1n) is 3.31. The normalized spacial score (nSPS) is 11.6. The lowest BCUT2D eigenvalue weighted by Crippen LogP contribution is -1.81. The molecule has 1 rings (SSSR count). The Morgan fingerprint density at radius 1 is 1.27 bits per heavy atom. The highest BCUT2D eigenvalue weighted by atomic mass is 35.5. The third-order valence-corrected chi connectivity index (χ3v) is 1.95. The third kappa shape index (κ3) is 2.96. The number of hydrogen-bond acceptors (Lipinski definition) is 0. The van der Waals surface area contributed by atoms with Gasteiger partial charge in [-0.1, -0.05) is 53.5 Å². The van der Waals surface area contributed by atoms with Gasteiger partial charge in [-0.2, -0.15) is 0 Å². The molecule has 0 saturated carbocycles. The van der Waals surface area contributed by atoms with Crippen molar-refractivity contribution in [1.29, 1.82) is 0 Å². The summed E-state index contributed by atoms with van der Waals surface area (Å²) in [6, 6.07) is 9.97. The molecule has 11 heavy (non-hydrogen) atoms. The van der Waals surface area contributed by atoms with Gasteiger partial charge in [-0.05, 0) is 5.56 Å². The summed E-state index contributed by atoms with van der Waals surface area (Å²) in [5.74, 6) is 0. The zero-order chi connectivity index (χ0) is 8.10. The molecule has 0 nitrogen and oxygen atoms in total. The van der Waals surface area contributed by atoms with E-state index in [2.05, 4.69) is 0 Å². The molecule has 0 fully saturated rings. The zero-order valence-electron chi connectivity index (χ0n) is 5.93. The summed E-state index contributed by atoms with van der Waals surface area (Å²) < 4.78 is 0. The number of hydrogen-bond donors (Lipinski definition) is 0. The Morgan fingerprint density at radius 3 is 2.45 bits per heavy atom. The highest BCUT2D eigenvalue weighted by Gasteiger charge is 1.93. The molecule has 1 aromatic rings. The van der Waals surface area contributed by atoms with Crippen molar-refractivity contribution in [3.05, 3.63) is 46.5 Å². The van der Waals surface area contributed by atoms with Crippen molar-refractivity contribution >= 4 is 23.2 Å². The minimum atomic E-state index is 0.665. The van der Waals surface area contributed by atoms with Gasteiger partial charge in [-0.25, -0.2) is 0 Å². The van der Waals surface area contributed by atoms with Gasteiger partial charge in [0, 0.05) is 17.0 Å². The van der Waals surface area contributed by atoms with Crippen LogP contribution in [0.15, 0.2) is 40.9 Å². The zero-order valence-corrected chi connectivity index (χ0v) is 7.44. The molecule has 0 bridgehead atoms. The van der Waals surface area contributed by atoms with Crippen molar-refractivity contribution in [3.63, 3.8) is 0 Å². The Labute approximate surface area is 76.4 Å². The third-order valence-electron chi connectivity index (χ3n) is 1.33. The highest BCUT2D eigenvalue weighted by Crippen LogP contribution is 2.11. The lowest BCUT2D eigenvalue weighted by Gasteiger charge is -1.96. The van der Waals surface area contributed by atoms with E-state index in [9.17, 15) is 0 Å². The van der Waals surface area contributed by atoms with E-state index in [1.54, 1.807) is 0 Å². The molecule has 0 heterocycles. The van der Waals surface area contributed by atoms with Crippen LogP contribution >= 0.6 is 23.2 Å². The van der Waals surface area contributed by atoms with Crippen molar-refractivity contribution in [2.24, 2.45) is 0 Å². The van der Waals surface area contributed by atoms with E-state index >= 15 is 0 Å². The van der Waals surface area contributed by atoms with E-state index < -0.39 is 0 Å². The van der Waals surface area contributed by atoms with Crippen LogP contribution in [0.4, 0.5) is 0 Å². The average Bonchev–Trinajstić information content (AvgIpc) is 2.06. The molecule has 2 heteroatoms. The SMILES string of the molecule is ClC=C(Cl)Cc1ccccc1. The smallest absolute Gasteiger partial charge is 0.0337 e. The van der Waals surface area contributed by atoms with Crippen LogP contribution < -0.4 is 0 Å². The van der Waals surface area contributed by atoms with E-state index in [4.69, 9.17) is 23.2 Å².